The number of hydrogen-bond acceptors (Lipinski definition) is 7. The molecule has 0 aliphatic rings. The molecule has 1 aromatic carbocycles. The van der Waals surface area contributed by atoms with E-state index < -0.39 is 10.0 Å². The number of benzene rings is 1. The quantitative estimate of drug-likeness (QED) is 0.680. The van der Waals surface area contributed by atoms with Gasteiger partial charge in [-0.05, 0) is 12.1 Å². The standard InChI is InChI=1S/C12H13N7O3S/c1-23(21,22)16-10-6-18(17-14-10)7-11(20)19-9-5-3-2-4-8(9)12(13)15-19/h2-6,16H,7H2,1H3,(H2,13,15). The van der Waals surface area contributed by atoms with Gasteiger partial charge in [-0.2, -0.15) is 4.68 Å². The van der Waals surface area contributed by atoms with E-state index in [9.17, 15) is 13.2 Å². The normalized spacial score (nSPS) is 11.7. The van der Waals surface area contributed by atoms with Crippen LogP contribution < -0.4 is 10.5 Å². The van der Waals surface area contributed by atoms with Crippen LogP contribution in [0.4, 0.5) is 11.6 Å². The maximum Gasteiger partial charge on any atom is 0.269 e. The summed E-state index contributed by atoms with van der Waals surface area (Å²) in [5.74, 6) is -0.0918. The zero-order valence-electron chi connectivity index (χ0n) is 12.0. The number of nitrogen functional groups attached to an aromatic ring is 1. The zero-order valence-corrected chi connectivity index (χ0v) is 12.9. The lowest BCUT2D eigenvalue weighted by Crippen LogP contribution is -2.19. The van der Waals surface area contributed by atoms with Crippen LogP contribution in [-0.2, 0) is 16.6 Å². The van der Waals surface area contributed by atoms with Crippen molar-refractivity contribution in [1.82, 2.24) is 24.8 Å². The third kappa shape index (κ3) is 3.13. The highest BCUT2D eigenvalue weighted by molar-refractivity contribution is 7.92. The van der Waals surface area contributed by atoms with Crippen LogP contribution in [0.5, 0.6) is 0 Å². The molecular weight excluding hydrogens is 322 g/mol. The first-order valence-corrected chi connectivity index (χ1v) is 8.37. The summed E-state index contributed by atoms with van der Waals surface area (Å²) >= 11 is 0. The van der Waals surface area contributed by atoms with Gasteiger partial charge in [0.25, 0.3) is 5.91 Å². The lowest BCUT2D eigenvalue weighted by Gasteiger charge is -2.01. The molecule has 0 aliphatic heterocycles. The lowest BCUT2D eigenvalue weighted by atomic mass is 10.2. The SMILES string of the molecule is CS(=O)(=O)Nc1cn(CC(=O)n2nc(N)c3ccccc32)nn1. The van der Waals surface area contributed by atoms with Gasteiger partial charge in [0.15, 0.2) is 11.6 Å². The molecule has 0 saturated carbocycles. The largest absolute Gasteiger partial charge is 0.382 e. The predicted molar refractivity (Wildman–Crippen MR) is 83.3 cm³/mol. The highest BCUT2D eigenvalue weighted by atomic mass is 32.2. The van der Waals surface area contributed by atoms with Crippen molar-refractivity contribution in [1.29, 1.82) is 0 Å². The van der Waals surface area contributed by atoms with Crippen molar-refractivity contribution >= 4 is 38.5 Å². The van der Waals surface area contributed by atoms with E-state index in [-0.39, 0.29) is 24.1 Å². The number of sulfonamides is 1. The fraction of sp³-hybridized carbons (Fsp3) is 0.167. The molecule has 0 bridgehead atoms. The summed E-state index contributed by atoms with van der Waals surface area (Å²) in [6, 6.07) is 7.08. The molecule has 0 unspecified atom stereocenters. The maximum atomic E-state index is 12.4. The number of para-hydroxylation sites is 1. The Morgan fingerprint density at radius 3 is 2.83 bits per heavy atom. The Balaban J connectivity index is 1.84. The van der Waals surface area contributed by atoms with E-state index >= 15 is 0 Å². The van der Waals surface area contributed by atoms with Gasteiger partial charge in [-0.1, -0.05) is 17.3 Å². The van der Waals surface area contributed by atoms with Crippen LogP contribution in [0.25, 0.3) is 10.9 Å². The molecule has 0 fully saturated rings. The Labute approximate surface area is 130 Å². The number of nitrogens with two attached hydrogens (primary N) is 1. The monoisotopic (exact) mass is 335 g/mol. The molecule has 0 radical (unpaired) electrons. The van der Waals surface area contributed by atoms with E-state index in [1.54, 1.807) is 24.3 Å². The number of aromatic nitrogens is 5. The molecule has 2 heterocycles. The minimum absolute atomic E-state index is 0.0325. The van der Waals surface area contributed by atoms with Gasteiger partial charge in [0.05, 0.1) is 18.0 Å². The number of rotatable bonds is 4. The van der Waals surface area contributed by atoms with Gasteiger partial charge in [0.2, 0.25) is 10.0 Å². The van der Waals surface area contributed by atoms with Crippen LogP contribution in [0, 0.1) is 0 Å². The van der Waals surface area contributed by atoms with Gasteiger partial charge < -0.3 is 5.73 Å². The first kappa shape index (κ1) is 15.0. The highest BCUT2D eigenvalue weighted by Gasteiger charge is 2.15. The molecule has 0 saturated heterocycles. The minimum Gasteiger partial charge on any atom is -0.382 e. The van der Waals surface area contributed by atoms with Crippen molar-refractivity contribution in [3.05, 3.63) is 30.5 Å². The molecule has 0 aliphatic carbocycles. The molecule has 10 nitrogen and oxygen atoms in total. The topological polar surface area (TPSA) is 138 Å². The molecule has 3 aromatic rings. The summed E-state index contributed by atoms with van der Waals surface area (Å²) in [5, 5.41) is 12.0. The Hall–Kier alpha value is -2.95. The smallest absolute Gasteiger partial charge is 0.269 e. The fourth-order valence-corrected chi connectivity index (χ4v) is 2.57. The van der Waals surface area contributed by atoms with Gasteiger partial charge in [0.1, 0.15) is 6.54 Å². The van der Waals surface area contributed by atoms with Crippen molar-refractivity contribution in [2.24, 2.45) is 0 Å². The number of carbonyl (C=O) groups is 1. The molecule has 3 rings (SSSR count). The zero-order chi connectivity index (χ0) is 16.6. The summed E-state index contributed by atoms with van der Waals surface area (Å²) < 4.78 is 26.8. The number of anilines is 2. The molecule has 11 heteroatoms. The van der Waals surface area contributed by atoms with Gasteiger partial charge >= 0.3 is 0 Å². The summed E-state index contributed by atoms with van der Waals surface area (Å²) in [6.45, 7) is -0.163. The Kier molecular flexibility index (Phi) is 3.48. The number of fused-ring (bicyclic) bond motifs is 1. The molecule has 3 N–H and O–H groups in total. The number of carbonyl (C=O) groups excluding carboxylic acids is 1. The molecule has 2 aromatic heterocycles. The Bertz CT molecular complexity index is 989. The van der Waals surface area contributed by atoms with Crippen molar-refractivity contribution in [3.8, 4) is 0 Å². The fourth-order valence-electron chi connectivity index (χ4n) is 2.10. The summed E-state index contributed by atoms with van der Waals surface area (Å²) in [4.78, 5) is 12.4. The van der Waals surface area contributed by atoms with Crippen LogP contribution in [-0.4, -0.2) is 45.4 Å². The number of hydrogen-bond donors (Lipinski definition) is 2. The van der Waals surface area contributed by atoms with Crippen molar-refractivity contribution in [3.63, 3.8) is 0 Å². The van der Waals surface area contributed by atoms with E-state index in [0.717, 1.165) is 6.26 Å². The van der Waals surface area contributed by atoms with E-state index in [4.69, 9.17) is 5.73 Å². The molecule has 120 valence electrons. The molecule has 0 spiro atoms. The average Bonchev–Trinajstić information content (AvgIpc) is 3.02. The second kappa shape index (κ2) is 5.35. The summed E-state index contributed by atoms with van der Waals surface area (Å²) in [6.07, 6.45) is 2.31. The summed E-state index contributed by atoms with van der Waals surface area (Å²) in [5.41, 5.74) is 6.37. The van der Waals surface area contributed by atoms with Crippen molar-refractivity contribution < 1.29 is 13.2 Å². The Morgan fingerprint density at radius 1 is 1.35 bits per heavy atom. The maximum absolute atomic E-state index is 12.4. The van der Waals surface area contributed by atoms with Crippen LogP contribution in [0.2, 0.25) is 0 Å². The van der Waals surface area contributed by atoms with E-state index in [1.807, 2.05) is 0 Å². The molecule has 0 atom stereocenters. The first-order valence-electron chi connectivity index (χ1n) is 6.48. The number of nitrogens with zero attached hydrogens (tertiary/aromatic N) is 5. The van der Waals surface area contributed by atoms with Crippen LogP contribution in [0.1, 0.15) is 4.79 Å². The van der Waals surface area contributed by atoms with Gasteiger partial charge in [-0.15, -0.1) is 10.2 Å². The van der Waals surface area contributed by atoms with Crippen LogP contribution in [0.15, 0.2) is 30.5 Å². The third-order valence-electron chi connectivity index (χ3n) is 2.98. The van der Waals surface area contributed by atoms with Gasteiger partial charge in [-0.3, -0.25) is 9.52 Å². The highest BCUT2D eigenvalue weighted by Crippen LogP contribution is 2.19. The third-order valence-corrected chi connectivity index (χ3v) is 3.56. The van der Waals surface area contributed by atoms with E-state index in [2.05, 4.69) is 20.1 Å². The second-order valence-electron chi connectivity index (χ2n) is 4.88. The van der Waals surface area contributed by atoms with Crippen molar-refractivity contribution in [2.75, 3.05) is 16.7 Å². The first-order chi connectivity index (χ1) is 10.8. The molecular formula is C12H13N7O3S. The molecule has 23 heavy (non-hydrogen) atoms. The van der Waals surface area contributed by atoms with Crippen LogP contribution >= 0.6 is 0 Å². The minimum atomic E-state index is -3.45. The van der Waals surface area contributed by atoms with E-state index in [0.29, 0.717) is 10.9 Å². The number of nitrogens with one attached hydrogen (secondary N) is 1. The second-order valence-corrected chi connectivity index (χ2v) is 6.63. The summed E-state index contributed by atoms with van der Waals surface area (Å²) in [7, 11) is -3.45. The lowest BCUT2D eigenvalue weighted by molar-refractivity contribution is 0.0876. The van der Waals surface area contributed by atoms with Gasteiger partial charge in [-0.25, -0.2) is 13.1 Å². The van der Waals surface area contributed by atoms with Crippen molar-refractivity contribution in [2.45, 2.75) is 6.54 Å². The predicted octanol–water partition coefficient (Wildman–Crippen LogP) is -0.0781. The Morgan fingerprint density at radius 2 is 2.09 bits per heavy atom. The average molecular weight is 335 g/mol. The van der Waals surface area contributed by atoms with Gasteiger partial charge in [0, 0.05) is 5.39 Å². The van der Waals surface area contributed by atoms with Crippen LogP contribution in [0.3, 0.4) is 0 Å². The van der Waals surface area contributed by atoms with E-state index in [1.165, 1.54) is 15.6 Å². The molecule has 0 amide bonds.